The number of nitrogens with one attached hydrogen (secondary N) is 1. The van der Waals surface area contributed by atoms with Gasteiger partial charge >= 0.3 is 5.97 Å². The third kappa shape index (κ3) is 6.84. The summed E-state index contributed by atoms with van der Waals surface area (Å²) in [6.07, 6.45) is 6.27. The van der Waals surface area contributed by atoms with E-state index in [0.29, 0.717) is 46.0 Å². The first kappa shape index (κ1) is 27.3. The van der Waals surface area contributed by atoms with E-state index in [-0.39, 0.29) is 16.7 Å². The Bertz CT molecular complexity index is 1430. The van der Waals surface area contributed by atoms with Gasteiger partial charge in [-0.25, -0.2) is 18.2 Å². The van der Waals surface area contributed by atoms with Crippen LogP contribution in [0.1, 0.15) is 60.4 Å². The highest BCUT2D eigenvalue weighted by atomic mass is 32.2. The molecule has 1 amide bonds. The molecular formula is C28H30N2O7S2. The lowest BCUT2D eigenvalue weighted by Crippen LogP contribution is -2.23. The molecule has 2 N–H and O–H groups in total. The van der Waals surface area contributed by atoms with Crippen molar-refractivity contribution in [2.24, 2.45) is 5.92 Å². The molecule has 0 spiro atoms. The molecule has 2 fully saturated rings. The van der Waals surface area contributed by atoms with Gasteiger partial charge in [0, 0.05) is 13.2 Å². The maximum atomic E-state index is 13.5. The summed E-state index contributed by atoms with van der Waals surface area (Å²) in [7, 11) is -3.31. The van der Waals surface area contributed by atoms with Gasteiger partial charge in [-0.05, 0) is 80.3 Å². The van der Waals surface area contributed by atoms with Crippen LogP contribution in [0.2, 0.25) is 0 Å². The third-order valence-electron chi connectivity index (χ3n) is 7.11. The van der Waals surface area contributed by atoms with Crippen molar-refractivity contribution in [2.45, 2.75) is 54.6 Å². The number of carbonyl (C=O) groups is 2. The lowest BCUT2D eigenvalue weighted by molar-refractivity contribution is -0.117. The summed E-state index contributed by atoms with van der Waals surface area (Å²) < 4.78 is 36.5. The molecule has 1 aliphatic heterocycles. The van der Waals surface area contributed by atoms with Gasteiger partial charge in [0.2, 0.25) is 11.0 Å². The van der Waals surface area contributed by atoms with Gasteiger partial charge in [0.05, 0.1) is 27.8 Å². The zero-order valence-electron chi connectivity index (χ0n) is 21.2. The molecule has 2 aromatic carbocycles. The number of rotatable bonds is 11. The number of ether oxygens (including phenoxy) is 2. The molecule has 3 aromatic rings. The largest absolute Gasteiger partial charge is 0.478 e. The van der Waals surface area contributed by atoms with Crippen molar-refractivity contribution in [3.05, 3.63) is 65.9 Å². The molecule has 5 rings (SSSR count). The number of sulfone groups is 1. The van der Waals surface area contributed by atoms with Crippen molar-refractivity contribution in [3.63, 3.8) is 0 Å². The lowest BCUT2D eigenvalue weighted by Gasteiger charge is -2.24. The average Bonchev–Trinajstić information content (AvgIpc) is 3.72. The monoisotopic (exact) mass is 570 g/mol. The predicted octanol–water partition coefficient (Wildman–Crippen LogP) is 5.50. The van der Waals surface area contributed by atoms with E-state index in [1.54, 1.807) is 36.4 Å². The number of hydrogen-bond acceptors (Lipinski definition) is 8. The number of anilines is 1. The first-order valence-electron chi connectivity index (χ1n) is 13.0. The van der Waals surface area contributed by atoms with Gasteiger partial charge < -0.3 is 19.9 Å². The summed E-state index contributed by atoms with van der Waals surface area (Å²) in [5.41, 5.74) is 0.863. The number of amides is 1. The zero-order valence-corrected chi connectivity index (χ0v) is 22.9. The first-order chi connectivity index (χ1) is 18.8. The van der Waals surface area contributed by atoms with Crippen LogP contribution in [0.5, 0.6) is 10.8 Å². The molecule has 1 aliphatic carbocycles. The van der Waals surface area contributed by atoms with Gasteiger partial charge in [0.25, 0.3) is 0 Å². The minimum absolute atomic E-state index is 0.105. The van der Waals surface area contributed by atoms with E-state index >= 15 is 0 Å². The Labute approximate surface area is 231 Å². The first-order valence-corrected chi connectivity index (χ1v) is 15.4. The highest BCUT2D eigenvalue weighted by Crippen LogP contribution is 2.36. The van der Waals surface area contributed by atoms with Crippen molar-refractivity contribution in [3.8, 4) is 10.8 Å². The number of carboxylic acids is 1. The second kappa shape index (κ2) is 11.8. The minimum Gasteiger partial charge on any atom is -0.478 e. The average molecular weight is 571 g/mol. The summed E-state index contributed by atoms with van der Waals surface area (Å²) >= 11 is 1.14. The molecule has 0 unspecified atom stereocenters. The van der Waals surface area contributed by atoms with Gasteiger partial charge in [0.15, 0.2) is 15.0 Å². The van der Waals surface area contributed by atoms with Gasteiger partial charge in [0.1, 0.15) is 5.75 Å². The number of aromatic carboxylic acids is 1. The number of hydrogen-bond donors (Lipinski definition) is 2. The molecule has 39 heavy (non-hydrogen) atoms. The van der Waals surface area contributed by atoms with Crippen molar-refractivity contribution < 1.29 is 32.6 Å². The minimum atomic E-state index is -3.31. The molecule has 11 heteroatoms. The summed E-state index contributed by atoms with van der Waals surface area (Å²) in [6.45, 7) is 1.46. The Morgan fingerprint density at radius 1 is 1.10 bits per heavy atom. The van der Waals surface area contributed by atoms with Crippen LogP contribution in [0.3, 0.4) is 0 Å². The smallest absolute Gasteiger partial charge is 0.335 e. The van der Waals surface area contributed by atoms with Crippen LogP contribution in [-0.4, -0.2) is 48.8 Å². The Hall–Kier alpha value is -3.28. The second-order valence-electron chi connectivity index (χ2n) is 9.91. The fourth-order valence-corrected chi connectivity index (χ4v) is 7.06. The molecule has 1 saturated heterocycles. The summed E-state index contributed by atoms with van der Waals surface area (Å²) in [4.78, 5) is 29.3. The normalized spacial score (nSPS) is 16.9. The van der Waals surface area contributed by atoms with E-state index in [1.165, 1.54) is 18.3 Å². The molecule has 1 atom stereocenters. The number of thiazole rings is 1. The number of carbonyl (C=O) groups excluding carboxylic acids is 1. The Morgan fingerprint density at radius 2 is 1.85 bits per heavy atom. The number of carboxylic acid groups (broad SMARTS) is 1. The SMILES string of the molecule is O=C(O)c1cccc(Oc2cnc(NC(=O)[C@H](CCC3CCOCC3)c3ccc(S(=O)(=O)C4CC4)cc3)s2)c1. The fourth-order valence-electron chi connectivity index (χ4n) is 4.71. The second-order valence-corrected chi connectivity index (χ2v) is 13.1. The molecule has 1 aromatic heterocycles. The van der Waals surface area contributed by atoms with E-state index in [1.807, 2.05) is 0 Å². The standard InChI is InChI=1S/C28H30N2O7S2/c31-26(30-28-29-17-25(38-28)37-21-3-1-2-20(16-21)27(32)33)24(11-4-18-12-14-36-15-13-18)19-5-7-22(8-6-19)39(34,35)23-9-10-23/h1-3,5-8,16-18,23-24H,4,9-15H2,(H,32,33)(H,29,30,31)/t24-/m1/s1. The van der Waals surface area contributed by atoms with Gasteiger partial charge in [-0.15, -0.1) is 0 Å². The van der Waals surface area contributed by atoms with E-state index in [0.717, 1.165) is 49.4 Å². The molecule has 2 heterocycles. The maximum Gasteiger partial charge on any atom is 0.335 e. The van der Waals surface area contributed by atoms with Crippen LogP contribution < -0.4 is 10.1 Å². The van der Waals surface area contributed by atoms with E-state index in [2.05, 4.69) is 10.3 Å². The van der Waals surface area contributed by atoms with Crippen molar-refractivity contribution in [1.82, 2.24) is 4.98 Å². The van der Waals surface area contributed by atoms with Crippen molar-refractivity contribution in [2.75, 3.05) is 18.5 Å². The summed E-state index contributed by atoms with van der Waals surface area (Å²) in [5.74, 6) is -0.931. The van der Waals surface area contributed by atoms with Gasteiger partial charge in [-0.3, -0.25) is 4.79 Å². The van der Waals surface area contributed by atoms with Gasteiger partial charge in [-0.1, -0.05) is 29.5 Å². The highest BCUT2D eigenvalue weighted by Gasteiger charge is 2.37. The molecule has 9 nitrogen and oxygen atoms in total. The van der Waals surface area contributed by atoms with Crippen LogP contribution >= 0.6 is 11.3 Å². The molecule has 206 valence electrons. The molecule has 1 saturated carbocycles. The van der Waals surface area contributed by atoms with E-state index < -0.39 is 21.7 Å². The third-order valence-corrected chi connectivity index (χ3v) is 10.2. The maximum absolute atomic E-state index is 13.5. The number of nitrogens with zero attached hydrogens (tertiary/aromatic N) is 1. The predicted molar refractivity (Wildman–Crippen MR) is 146 cm³/mol. The zero-order chi connectivity index (χ0) is 27.4. The van der Waals surface area contributed by atoms with E-state index in [9.17, 15) is 23.1 Å². The molecule has 0 radical (unpaired) electrons. The van der Waals surface area contributed by atoms with Crippen LogP contribution in [0.25, 0.3) is 0 Å². The molecule has 0 bridgehead atoms. The Balaban J connectivity index is 1.29. The van der Waals surface area contributed by atoms with Crippen LogP contribution in [0.15, 0.2) is 59.6 Å². The number of aromatic nitrogens is 1. The van der Waals surface area contributed by atoms with Crippen LogP contribution in [0, 0.1) is 5.92 Å². The summed E-state index contributed by atoms with van der Waals surface area (Å²) in [5, 5.41) is 12.5. The van der Waals surface area contributed by atoms with Gasteiger partial charge in [-0.2, -0.15) is 0 Å². The Kier molecular flexibility index (Phi) is 8.29. The van der Waals surface area contributed by atoms with Crippen LogP contribution in [-0.2, 0) is 19.4 Å². The molecule has 2 aliphatic rings. The fraction of sp³-hybridized carbons (Fsp3) is 0.393. The van der Waals surface area contributed by atoms with Crippen molar-refractivity contribution in [1.29, 1.82) is 0 Å². The topological polar surface area (TPSA) is 132 Å². The summed E-state index contributed by atoms with van der Waals surface area (Å²) in [6, 6.07) is 12.8. The highest BCUT2D eigenvalue weighted by molar-refractivity contribution is 7.92. The van der Waals surface area contributed by atoms with Crippen LogP contribution in [0.4, 0.5) is 5.13 Å². The quantitative estimate of drug-likeness (QED) is 0.309. The Morgan fingerprint density at radius 3 is 2.54 bits per heavy atom. The van der Waals surface area contributed by atoms with E-state index in [4.69, 9.17) is 9.47 Å². The van der Waals surface area contributed by atoms with Crippen molar-refractivity contribution >= 4 is 38.2 Å². The molecular weight excluding hydrogens is 540 g/mol. The lowest BCUT2D eigenvalue weighted by atomic mass is 9.87. The number of benzene rings is 2.